The third-order valence-electron chi connectivity index (χ3n) is 9.74. The maximum Gasteiger partial charge on any atom is 0.225 e. The van der Waals surface area contributed by atoms with Gasteiger partial charge in [-0.25, -0.2) is 37.8 Å². The Labute approximate surface area is 286 Å². The number of nitrogen functional groups attached to an aromatic ring is 1. The predicted molar refractivity (Wildman–Crippen MR) is 177 cm³/mol. The van der Waals surface area contributed by atoms with Crippen LogP contribution in [0.2, 0.25) is 0 Å². The molecule has 260 valence electrons. The van der Waals surface area contributed by atoms with Crippen LogP contribution in [0, 0.1) is 23.4 Å². The number of rotatable bonds is 9. The molecular formula is C35H37F3N10O2. The normalized spacial score (nSPS) is 17.6. The SMILES string of the molecule is Nc1nccc(-c2c(-c3ccc(F)cc3)ncn2C2CCN(C(=O)C3CCN(CC(O)(Cn4cncn4)c4ccc(F)cc4F)CC3)CC2)n1. The monoisotopic (exact) mass is 686 g/mol. The lowest BCUT2D eigenvalue weighted by Gasteiger charge is -2.40. The number of nitrogens with zero attached hydrogens (tertiary/aromatic N) is 9. The van der Waals surface area contributed by atoms with Crippen molar-refractivity contribution in [1.29, 1.82) is 0 Å². The van der Waals surface area contributed by atoms with E-state index in [1.54, 1.807) is 30.7 Å². The van der Waals surface area contributed by atoms with E-state index in [4.69, 9.17) is 10.7 Å². The number of carbonyl (C=O) groups excluding carboxylic acids is 1. The van der Waals surface area contributed by atoms with Crippen molar-refractivity contribution < 1.29 is 23.1 Å². The quantitative estimate of drug-likeness (QED) is 0.235. The van der Waals surface area contributed by atoms with Crippen LogP contribution in [-0.2, 0) is 16.9 Å². The Morgan fingerprint density at radius 2 is 1.64 bits per heavy atom. The van der Waals surface area contributed by atoms with Crippen molar-refractivity contribution in [3.05, 3.63) is 96.7 Å². The smallest absolute Gasteiger partial charge is 0.225 e. The zero-order chi connectivity index (χ0) is 34.8. The highest BCUT2D eigenvalue weighted by Gasteiger charge is 2.38. The lowest BCUT2D eigenvalue weighted by atomic mass is 9.89. The largest absolute Gasteiger partial charge is 0.382 e. The second-order valence-corrected chi connectivity index (χ2v) is 13.0. The van der Waals surface area contributed by atoms with E-state index in [1.165, 1.54) is 35.5 Å². The van der Waals surface area contributed by atoms with Crippen LogP contribution in [0.1, 0.15) is 37.3 Å². The number of anilines is 1. The molecular weight excluding hydrogens is 649 g/mol. The van der Waals surface area contributed by atoms with Gasteiger partial charge in [0.2, 0.25) is 11.9 Å². The summed E-state index contributed by atoms with van der Waals surface area (Å²) in [5.74, 6) is -1.84. The van der Waals surface area contributed by atoms with Gasteiger partial charge < -0.3 is 25.2 Å². The third-order valence-corrected chi connectivity index (χ3v) is 9.74. The van der Waals surface area contributed by atoms with Crippen LogP contribution in [0.25, 0.3) is 22.6 Å². The minimum absolute atomic E-state index is 0.0236. The summed E-state index contributed by atoms with van der Waals surface area (Å²) in [6, 6.07) is 11.1. The number of halogens is 3. The Morgan fingerprint density at radius 3 is 2.32 bits per heavy atom. The second kappa shape index (κ2) is 14.0. The minimum atomic E-state index is -1.70. The number of benzene rings is 2. The fraction of sp³-hybridized carbons (Fsp3) is 0.371. The molecule has 0 spiro atoms. The van der Waals surface area contributed by atoms with Crippen molar-refractivity contribution in [2.24, 2.45) is 5.92 Å². The van der Waals surface area contributed by atoms with E-state index in [0.29, 0.717) is 63.3 Å². The van der Waals surface area contributed by atoms with Gasteiger partial charge in [0.15, 0.2) is 0 Å². The lowest BCUT2D eigenvalue weighted by Crippen LogP contribution is -2.49. The highest BCUT2D eigenvalue weighted by molar-refractivity contribution is 5.79. The molecule has 2 aliphatic rings. The molecule has 0 saturated carbocycles. The van der Waals surface area contributed by atoms with Crippen molar-refractivity contribution >= 4 is 11.9 Å². The zero-order valence-corrected chi connectivity index (χ0v) is 27.2. The van der Waals surface area contributed by atoms with E-state index < -0.39 is 17.2 Å². The number of hydrogen-bond donors (Lipinski definition) is 2. The molecule has 0 radical (unpaired) electrons. The summed E-state index contributed by atoms with van der Waals surface area (Å²) < 4.78 is 45.8. The molecule has 3 N–H and O–H groups in total. The van der Waals surface area contributed by atoms with Gasteiger partial charge in [0.1, 0.15) is 35.7 Å². The molecule has 1 amide bonds. The average molecular weight is 687 g/mol. The minimum Gasteiger partial charge on any atom is -0.382 e. The number of amides is 1. The number of piperidine rings is 2. The first-order valence-corrected chi connectivity index (χ1v) is 16.6. The first-order valence-electron chi connectivity index (χ1n) is 16.6. The molecule has 5 heterocycles. The molecule has 1 atom stereocenters. The van der Waals surface area contributed by atoms with E-state index in [-0.39, 0.29) is 48.3 Å². The number of aliphatic hydroxyl groups is 1. The number of likely N-dealkylation sites (tertiary alicyclic amines) is 2. The number of β-amino-alcohol motifs (C(OH)–C–C–N with tert-alkyl or cyclic N) is 1. The molecule has 7 rings (SSSR count). The molecule has 5 aromatic rings. The van der Waals surface area contributed by atoms with Crippen molar-refractivity contribution in [1.82, 2.24) is 44.1 Å². The maximum atomic E-state index is 14.9. The molecule has 2 fully saturated rings. The first-order chi connectivity index (χ1) is 24.2. The molecule has 3 aromatic heterocycles. The van der Waals surface area contributed by atoms with Gasteiger partial charge >= 0.3 is 0 Å². The Kier molecular flexibility index (Phi) is 9.33. The molecule has 2 aromatic carbocycles. The molecule has 50 heavy (non-hydrogen) atoms. The van der Waals surface area contributed by atoms with Crippen LogP contribution in [-0.4, -0.2) is 87.8 Å². The number of imidazole rings is 1. The van der Waals surface area contributed by atoms with Gasteiger partial charge in [-0.15, -0.1) is 0 Å². The van der Waals surface area contributed by atoms with E-state index in [2.05, 4.69) is 24.6 Å². The fourth-order valence-electron chi connectivity index (χ4n) is 7.22. The summed E-state index contributed by atoms with van der Waals surface area (Å²) in [4.78, 5) is 34.8. The van der Waals surface area contributed by atoms with Gasteiger partial charge in [-0.3, -0.25) is 4.79 Å². The highest BCUT2D eigenvalue weighted by Crippen LogP contribution is 2.36. The van der Waals surface area contributed by atoms with Crippen molar-refractivity contribution in [3.63, 3.8) is 0 Å². The van der Waals surface area contributed by atoms with Crippen molar-refractivity contribution in [2.75, 3.05) is 38.5 Å². The predicted octanol–water partition coefficient (Wildman–Crippen LogP) is 4.06. The van der Waals surface area contributed by atoms with Gasteiger partial charge in [0.05, 0.1) is 30.0 Å². The van der Waals surface area contributed by atoms with E-state index in [1.807, 2.05) is 9.80 Å². The first kappa shape index (κ1) is 33.4. The van der Waals surface area contributed by atoms with Gasteiger partial charge in [-0.05, 0) is 75.2 Å². The van der Waals surface area contributed by atoms with E-state index in [9.17, 15) is 23.1 Å². The molecule has 2 aliphatic heterocycles. The summed E-state index contributed by atoms with van der Waals surface area (Å²) in [5.41, 5.74) is 6.97. The Hall–Kier alpha value is -5.15. The standard InChI is InChI=1S/C35H37F3N10O2/c36-25-3-1-23(2-4-25)31-32(30-7-12-41-34(39)44-30)48(22-42-31)27-10-15-46(16-11-27)33(49)24-8-13-45(14-9-24)18-35(50,19-47-21-40-20-43-47)28-6-5-26(37)17-29(28)38/h1-7,12,17,20-22,24,27,50H,8-11,13-16,18-19H2,(H2,39,41,44). The van der Waals surface area contributed by atoms with Crippen molar-refractivity contribution in [3.8, 4) is 22.6 Å². The summed E-state index contributed by atoms with van der Waals surface area (Å²) in [5, 5.41) is 15.8. The number of nitrogens with two attached hydrogens (primary N) is 1. The van der Waals surface area contributed by atoms with Crippen LogP contribution >= 0.6 is 0 Å². The van der Waals surface area contributed by atoms with Crippen molar-refractivity contribution in [2.45, 2.75) is 43.9 Å². The molecule has 15 heteroatoms. The van der Waals surface area contributed by atoms with Crippen LogP contribution in [0.4, 0.5) is 19.1 Å². The van der Waals surface area contributed by atoms with E-state index in [0.717, 1.165) is 23.4 Å². The van der Waals surface area contributed by atoms with Gasteiger partial charge in [0.25, 0.3) is 0 Å². The van der Waals surface area contributed by atoms with Gasteiger partial charge in [0, 0.05) is 55.0 Å². The van der Waals surface area contributed by atoms with E-state index >= 15 is 0 Å². The van der Waals surface area contributed by atoms with Crippen LogP contribution in [0.15, 0.2) is 73.7 Å². The molecule has 0 aliphatic carbocycles. The highest BCUT2D eigenvalue weighted by atomic mass is 19.1. The summed E-state index contributed by atoms with van der Waals surface area (Å²) in [6.45, 7) is 2.20. The van der Waals surface area contributed by atoms with Crippen LogP contribution in [0.3, 0.4) is 0 Å². The number of hydrogen-bond acceptors (Lipinski definition) is 9. The second-order valence-electron chi connectivity index (χ2n) is 13.0. The van der Waals surface area contributed by atoms with Crippen LogP contribution < -0.4 is 5.73 Å². The number of carbonyl (C=O) groups is 1. The summed E-state index contributed by atoms with van der Waals surface area (Å²) in [6.07, 6.45) is 8.71. The number of aromatic nitrogens is 7. The summed E-state index contributed by atoms with van der Waals surface area (Å²) >= 11 is 0. The van der Waals surface area contributed by atoms with Gasteiger partial charge in [-0.2, -0.15) is 5.10 Å². The zero-order valence-electron chi connectivity index (χ0n) is 27.2. The Balaban J connectivity index is 1.00. The maximum absolute atomic E-state index is 14.9. The third kappa shape index (κ3) is 6.96. The van der Waals surface area contributed by atoms with Gasteiger partial charge in [-0.1, -0.05) is 6.07 Å². The fourth-order valence-corrected chi connectivity index (χ4v) is 7.22. The Morgan fingerprint density at radius 1 is 0.900 bits per heavy atom. The molecule has 12 nitrogen and oxygen atoms in total. The molecule has 2 saturated heterocycles. The average Bonchev–Trinajstić information content (AvgIpc) is 3.79. The Bertz CT molecular complexity index is 1940. The summed E-state index contributed by atoms with van der Waals surface area (Å²) in [7, 11) is 0. The molecule has 0 bridgehead atoms. The topological polar surface area (TPSA) is 144 Å². The molecule has 1 unspecified atom stereocenters. The van der Waals surface area contributed by atoms with Crippen LogP contribution in [0.5, 0.6) is 0 Å². The lowest BCUT2D eigenvalue weighted by molar-refractivity contribution is -0.138.